The number of hydrogen-bond donors (Lipinski definition) is 0. The minimum atomic E-state index is -3.46. The van der Waals surface area contributed by atoms with Gasteiger partial charge in [0.2, 0.25) is 9.05 Å². The van der Waals surface area contributed by atoms with E-state index in [0.717, 1.165) is 31.8 Å². The Morgan fingerprint density at radius 1 is 1.28 bits per heavy atom. The van der Waals surface area contributed by atoms with Gasteiger partial charge < -0.3 is 4.74 Å². The molecule has 1 fully saturated rings. The molecular weight excluding hydrogens is 272 g/mol. The number of rotatable bonds is 9. The second-order valence-corrected chi connectivity index (χ2v) is 8.31. The van der Waals surface area contributed by atoms with E-state index in [-0.39, 0.29) is 11.2 Å². The highest BCUT2D eigenvalue weighted by Gasteiger charge is 2.32. The van der Waals surface area contributed by atoms with Crippen LogP contribution in [0.2, 0.25) is 0 Å². The molecule has 0 radical (unpaired) electrons. The molecule has 108 valence electrons. The average molecular weight is 297 g/mol. The normalized spacial score (nSPS) is 17.7. The Morgan fingerprint density at radius 3 is 2.28 bits per heavy atom. The molecule has 0 heterocycles. The highest BCUT2D eigenvalue weighted by atomic mass is 35.7. The molecule has 1 aliphatic carbocycles. The van der Waals surface area contributed by atoms with Gasteiger partial charge in [0.1, 0.15) is 0 Å². The molecule has 0 N–H and O–H groups in total. The molecule has 1 saturated carbocycles. The predicted octanol–water partition coefficient (Wildman–Crippen LogP) is 3.57. The summed E-state index contributed by atoms with van der Waals surface area (Å²) in [5.74, 6) is 0.845. The molecule has 0 spiro atoms. The maximum atomic E-state index is 11.3. The van der Waals surface area contributed by atoms with Gasteiger partial charge in [0.25, 0.3) is 0 Å². The largest absolute Gasteiger partial charge is 0.381 e. The molecule has 0 aromatic carbocycles. The molecule has 0 amide bonds. The summed E-state index contributed by atoms with van der Waals surface area (Å²) in [6.45, 7) is 5.25. The molecule has 0 aromatic rings. The third-order valence-electron chi connectivity index (χ3n) is 4.28. The van der Waals surface area contributed by atoms with Gasteiger partial charge in [0, 0.05) is 22.7 Å². The Balaban J connectivity index is 2.35. The summed E-state index contributed by atoms with van der Waals surface area (Å²) in [5, 5.41) is 0. The molecule has 5 heteroatoms. The van der Waals surface area contributed by atoms with Gasteiger partial charge in [-0.1, -0.05) is 33.1 Å². The van der Waals surface area contributed by atoms with Crippen molar-refractivity contribution in [3.8, 4) is 0 Å². The first-order chi connectivity index (χ1) is 8.41. The van der Waals surface area contributed by atoms with Crippen LogP contribution in [0, 0.1) is 11.3 Å². The van der Waals surface area contributed by atoms with Crippen molar-refractivity contribution in [2.45, 2.75) is 52.4 Å². The summed E-state index contributed by atoms with van der Waals surface area (Å²) in [4.78, 5) is 0. The standard InChI is InChI=1S/C13H25ClO3S/c1-3-13(4-2,11-18(14,15)16)10-17-9-8-12-6-5-7-12/h12H,3-11H2,1-2H3. The lowest BCUT2D eigenvalue weighted by atomic mass is 9.83. The first-order valence-corrected chi connectivity index (χ1v) is 9.39. The first kappa shape index (κ1) is 16.3. The molecule has 0 aromatic heterocycles. The van der Waals surface area contributed by atoms with Gasteiger partial charge in [-0.25, -0.2) is 8.42 Å². The smallest absolute Gasteiger partial charge is 0.233 e. The molecule has 1 aliphatic rings. The van der Waals surface area contributed by atoms with E-state index in [1.807, 2.05) is 13.8 Å². The highest BCUT2D eigenvalue weighted by Crippen LogP contribution is 2.32. The van der Waals surface area contributed by atoms with Crippen molar-refractivity contribution in [1.29, 1.82) is 0 Å². The lowest BCUT2D eigenvalue weighted by Gasteiger charge is -2.31. The predicted molar refractivity (Wildman–Crippen MR) is 75.4 cm³/mol. The zero-order valence-electron chi connectivity index (χ0n) is 11.5. The topological polar surface area (TPSA) is 43.4 Å². The zero-order chi connectivity index (χ0) is 13.6. The monoisotopic (exact) mass is 296 g/mol. The van der Waals surface area contributed by atoms with Crippen LogP contribution in [0.1, 0.15) is 52.4 Å². The Bertz CT molecular complexity index is 332. The van der Waals surface area contributed by atoms with Crippen LogP contribution in [0.15, 0.2) is 0 Å². The summed E-state index contributed by atoms with van der Waals surface area (Å²) >= 11 is 0. The SMILES string of the molecule is CCC(CC)(COCCC1CCC1)CS(=O)(=O)Cl. The molecule has 0 unspecified atom stereocenters. The quantitative estimate of drug-likeness (QED) is 0.482. The van der Waals surface area contributed by atoms with Gasteiger partial charge in [0.05, 0.1) is 12.4 Å². The van der Waals surface area contributed by atoms with E-state index >= 15 is 0 Å². The minimum Gasteiger partial charge on any atom is -0.381 e. The second kappa shape index (κ2) is 7.11. The molecule has 0 saturated heterocycles. The first-order valence-electron chi connectivity index (χ1n) is 6.91. The van der Waals surface area contributed by atoms with Crippen molar-refractivity contribution < 1.29 is 13.2 Å². The van der Waals surface area contributed by atoms with E-state index in [9.17, 15) is 8.42 Å². The Kier molecular flexibility index (Phi) is 6.42. The van der Waals surface area contributed by atoms with E-state index in [1.165, 1.54) is 19.3 Å². The van der Waals surface area contributed by atoms with Crippen LogP contribution in [0.25, 0.3) is 0 Å². The van der Waals surface area contributed by atoms with Crippen molar-refractivity contribution in [1.82, 2.24) is 0 Å². The van der Waals surface area contributed by atoms with Crippen LogP contribution in [-0.4, -0.2) is 27.4 Å². The van der Waals surface area contributed by atoms with Gasteiger partial charge in [-0.3, -0.25) is 0 Å². The molecular formula is C13H25ClO3S. The summed E-state index contributed by atoms with van der Waals surface area (Å²) < 4.78 is 28.3. The van der Waals surface area contributed by atoms with Gasteiger partial charge in [-0.2, -0.15) is 0 Å². The van der Waals surface area contributed by atoms with E-state index in [0.29, 0.717) is 6.61 Å². The van der Waals surface area contributed by atoms with Gasteiger partial charge in [-0.15, -0.1) is 0 Å². The summed E-state index contributed by atoms with van der Waals surface area (Å²) in [7, 11) is 1.93. The number of ether oxygens (including phenoxy) is 1. The maximum absolute atomic E-state index is 11.3. The van der Waals surface area contributed by atoms with Crippen LogP contribution in [0.4, 0.5) is 0 Å². The second-order valence-electron chi connectivity index (χ2n) is 5.53. The van der Waals surface area contributed by atoms with Crippen molar-refractivity contribution in [3.05, 3.63) is 0 Å². The molecule has 0 bridgehead atoms. The van der Waals surface area contributed by atoms with Crippen molar-refractivity contribution in [2.75, 3.05) is 19.0 Å². The molecule has 0 aliphatic heterocycles. The number of halogens is 1. The fourth-order valence-corrected chi connectivity index (χ4v) is 4.30. The van der Waals surface area contributed by atoms with E-state index in [4.69, 9.17) is 15.4 Å². The van der Waals surface area contributed by atoms with E-state index in [2.05, 4.69) is 0 Å². The Morgan fingerprint density at radius 2 is 1.89 bits per heavy atom. The van der Waals surface area contributed by atoms with Crippen LogP contribution in [0.3, 0.4) is 0 Å². The van der Waals surface area contributed by atoms with Crippen molar-refractivity contribution in [2.24, 2.45) is 11.3 Å². The lowest BCUT2D eigenvalue weighted by Crippen LogP contribution is -2.33. The molecule has 0 atom stereocenters. The highest BCUT2D eigenvalue weighted by molar-refractivity contribution is 8.13. The number of hydrogen-bond acceptors (Lipinski definition) is 3. The fraction of sp³-hybridized carbons (Fsp3) is 1.00. The van der Waals surface area contributed by atoms with E-state index < -0.39 is 9.05 Å². The maximum Gasteiger partial charge on any atom is 0.233 e. The van der Waals surface area contributed by atoms with Gasteiger partial charge >= 0.3 is 0 Å². The van der Waals surface area contributed by atoms with E-state index in [1.54, 1.807) is 0 Å². The molecule has 18 heavy (non-hydrogen) atoms. The fourth-order valence-electron chi connectivity index (χ4n) is 2.39. The van der Waals surface area contributed by atoms with Gasteiger partial charge in [-0.05, 0) is 25.2 Å². The summed E-state index contributed by atoms with van der Waals surface area (Å²) in [6.07, 6.45) is 6.66. The average Bonchev–Trinajstić information content (AvgIpc) is 2.23. The van der Waals surface area contributed by atoms with Crippen LogP contribution in [-0.2, 0) is 13.8 Å². The van der Waals surface area contributed by atoms with Crippen LogP contribution < -0.4 is 0 Å². The zero-order valence-corrected chi connectivity index (χ0v) is 13.0. The minimum absolute atomic E-state index is 0.0119. The third-order valence-corrected chi connectivity index (χ3v) is 5.57. The Hall–Kier alpha value is 0.200. The summed E-state index contributed by atoms with van der Waals surface area (Å²) in [5.41, 5.74) is -0.319. The molecule has 1 rings (SSSR count). The van der Waals surface area contributed by atoms with Crippen LogP contribution in [0.5, 0.6) is 0 Å². The van der Waals surface area contributed by atoms with Gasteiger partial charge in [0.15, 0.2) is 0 Å². The summed E-state index contributed by atoms with van der Waals surface area (Å²) in [6, 6.07) is 0. The third kappa shape index (κ3) is 5.45. The van der Waals surface area contributed by atoms with Crippen LogP contribution >= 0.6 is 10.7 Å². The molecule has 3 nitrogen and oxygen atoms in total. The van der Waals surface area contributed by atoms with Crippen molar-refractivity contribution in [3.63, 3.8) is 0 Å². The van der Waals surface area contributed by atoms with Crippen molar-refractivity contribution >= 4 is 19.7 Å². The Labute approximate surface area is 116 Å². The lowest BCUT2D eigenvalue weighted by molar-refractivity contribution is 0.0377.